The van der Waals surface area contributed by atoms with Crippen LogP contribution >= 0.6 is 0 Å². The quantitative estimate of drug-likeness (QED) is 0.578. The predicted octanol–water partition coefficient (Wildman–Crippen LogP) is 2.85. The third-order valence-electron chi connectivity index (χ3n) is 2.61. The van der Waals surface area contributed by atoms with Crippen molar-refractivity contribution in [2.45, 2.75) is 18.9 Å². The maximum Gasteiger partial charge on any atom is 0.269 e. The van der Waals surface area contributed by atoms with E-state index in [1.54, 1.807) is 18.2 Å². The zero-order valence-electron chi connectivity index (χ0n) is 9.00. The third kappa shape index (κ3) is 2.42. The molecule has 1 atom stereocenters. The average molecular weight is 230 g/mol. The lowest BCUT2D eigenvalue weighted by Gasteiger charge is -2.21. The molecule has 0 N–H and O–H groups in total. The lowest BCUT2D eigenvalue weighted by Crippen LogP contribution is -2.07. The number of ether oxygens (including phenoxy) is 1. The molecular formula is C12H10N2O3. The first-order valence-electron chi connectivity index (χ1n) is 5.22. The lowest BCUT2D eigenvalue weighted by atomic mass is 10.0. The monoisotopic (exact) mass is 230 g/mol. The Balaban J connectivity index is 2.16. The maximum absolute atomic E-state index is 10.5. The van der Waals surface area contributed by atoms with Crippen molar-refractivity contribution in [3.05, 3.63) is 51.8 Å². The van der Waals surface area contributed by atoms with Gasteiger partial charge in [0.15, 0.2) is 5.76 Å². The smallest absolute Gasteiger partial charge is 0.269 e. The van der Waals surface area contributed by atoms with Crippen molar-refractivity contribution in [2.24, 2.45) is 0 Å². The molecule has 2 rings (SSSR count). The summed E-state index contributed by atoms with van der Waals surface area (Å²) in [6.07, 6.45) is 3.13. The highest BCUT2D eigenvalue weighted by Gasteiger charge is 2.18. The molecule has 0 unspecified atom stereocenters. The summed E-state index contributed by atoms with van der Waals surface area (Å²) in [5, 5.41) is 19.2. The molecule has 5 nitrogen and oxygen atoms in total. The van der Waals surface area contributed by atoms with Gasteiger partial charge in [-0.05, 0) is 36.6 Å². The normalized spacial score (nSPS) is 18.8. The summed E-state index contributed by atoms with van der Waals surface area (Å²) >= 11 is 0. The van der Waals surface area contributed by atoms with Crippen molar-refractivity contribution < 1.29 is 9.66 Å². The van der Waals surface area contributed by atoms with E-state index in [4.69, 9.17) is 10.00 Å². The fraction of sp³-hybridized carbons (Fsp3) is 0.250. The molecule has 0 aromatic heterocycles. The van der Waals surface area contributed by atoms with Crippen LogP contribution in [0.1, 0.15) is 24.5 Å². The van der Waals surface area contributed by atoms with Gasteiger partial charge in [-0.25, -0.2) is 0 Å². The van der Waals surface area contributed by atoms with E-state index < -0.39 is 4.92 Å². The number of nitro groups is 1. The standard InChI is InChI=1S/C12H10N2O3/c13-8-11-2-1-3-12(17-11)9-4-6-10(7-5-9)14(15)16/h2,4-7,12H,1,3H2/t12-/m0/s1. The molecule has 0 bridgehead atoms. The number of nitrogens with zero attached hydrogens (tertiary/aromatic N) is 2. The highest BCUT2D eigenvalue weighted by atomic mass is 16.6. The van der Waals surface area contributed by atoms with Crippen molar-refractivity contribution in [3.8, 4) is 6.07 Å². The number of benzene rings is 1. The Morgan fingerprint density at radius 3 is 2.71 bits per heavy atom. The van der Waals surface area contributed by atoms with Gasteiger partial charge in [0.05, 0.1) is 4.92 Å². The van der Waals surface area contributed by atoms with E-state index in [0.717, 1.165) is 18.4 Å². The summed E-state index contributed by atoms with van der Waals surface area (Å²) in [6.45, 7) is 0. The van der Waals surface area contributed by atoms with Crippen LogP contribution in [0.4, 0.5) is 5.69 Å². The summed E-state index contributed by atoms with van der Waals surface area (Å²) in [5.74, 6) is 0.319. The summed E-state index contributed by atoms with van der Waals surface area (Å²) in [7, 11) is 0. The van der Waals surface area contributed by atoms with E-state index in [-0.39, 0.29) is 11.8 Å². The molecule has 0 radical (unpaired) electrons. The molecule has 1 aromatic rings. The lowest BCUT2D eigenvalue weighted by molar-refractivity contribution is -0.384. The van der Waals surface area contributed by atoms with Gasteiger partial charge in [0.25, 0.3) is 5.69 Å². The van der Waals surface area contributed by atoms with Crippen LogP contribution in [-0.2, 0) is 4.74 Å². The minimum absolute atomic E-state index is 0.0561. The average Bonchev–Trinajstić information content (AvgIpc) is 2.39. The van der Waals surface area contributed by atoms with Crippen LogP contribution in [0.2, 0.25) is 0 Å². The van der Waals surface area contributed by atoms with Gasteiger partial charge in [0, 0.05) is 12.1 Å². The van der Waals surface area contributed by atoms with Crippen LogP contribution in [0.25, 0.3) is 0 Å². The van der Waals surface area contributed by atoms with E-state index in [2.05, 4.69) is 0 Å². The topological polar surface area (TPSA) is 76.2 Å². The van der Waals surface area contributed by atoms with Gasteiger partial charge >= 0.3 is 0 Å². The molecule has 0 amide bonds. The van der Waals surface area contributed by atoms with Crippen LogP contribution in [0, 0.1) is 21.4 Å². The van der Waals surface area contributed by atoms with E-state index in [1.165, 1.54) is 12.1 Å². The molecule has 0 saturated carbocycles. The molecule has 1 aromatic carbocycles. The van der Waals surface area contributed by atoms with Gasteiger partial charge in [-0.3, -0.25) is 10.1 Å². The molecule has 1 aliphatic heterocycles. The fourth-order valence-electron chi connectivity index (χ4n) is 1.74. The maximum atomic E-state index is 10.5. The first-order chi connectivity index (χ1) is 8.20. The van der Waals surface area contributed by atoms with Gasteiger partial charge in [-0.1, -0.05) is 0 Å². The summed E-state index contributed by atoms with van der Waals surface area (Å²) < 4.78 is 5.45. The number of rotatable bonds is 2. The molecule has 0 saturated heterocycles. The SMILES string of the molecule is N#CC1=CCC[C@@H](c2ccc([N+](=O)[O-])cc2)O1. The summed E-state index contributed by atoms with van der Waals surface area (Å²) in [5.41, 5.74) is 0.914. The zero-order valence-corrected chi connectivity index (χ0v) is 9.00. The Morgan fingerprint density at radius 1 is 1.41 bits per heavy atom. The van der Waals surface area contributed by atoms with Gasteiger partial charge in [0.2, 0.25) is 0 Å². The van der Waals surface area contributed by atoms with E-state index in [0.29, 0.717) is 5.76 Å². The molecular weight excluding hydrogens is 220 g/mol. The second-order valence-corrected chi connectivity index (χ2v) is 3.71. The molecule has 1 heterocycles. The summed E-state index contributed by atoms with van der Waals surface area (Å²) in [4.78, 5) is 10.1. The predicted molar refractivity (Wildman–Crippen MR) is 59.9 cm³/mol. The van der Waals surface area contributed by atoms with E-state index in [1.807, 2.05) is 6.07 Å². The third-order valence-corrected chi connectivity index (χ3v) is 2.61. The van der Waals surface area contributed by atoms with Gasteiger partial charge < -0.3 is 4.74 Å². The van der Waals surface area contributed by atoms with Crippen molar-refractivity contribution in [3.63, 3.8) is 0 Å². The number of non-ortho nitro benzene ring substituents is 1. The summed E-state index contributed by atoms with van der Waals surface area (Å²) in [6, 6.07) is 8.20. The van der Waals surface area contributed by atoms with Crippen LogP contribution in [0.15, 0.2) is 36.1 Å². The molecule has 17 heavy (non-hydrogen) atoms. The van der Waals surface area contributed by atoms with Crippen LogP contribution < -0.4 is 0 Å². The van der Waals surface area contributed by atoms with Crippen LogP contribution in [-0.4, -0.2) is 4.92 Å². The van der Waals surface area contributed by atoms with E-state index >= 15 is 0 Å². The Hall–Kier alpha value is -2.35. The second-order valence-electron chi connectivity index (χ2n) is 3.71. The Kier molecular flexibility index (Phi) is 3.06. The molecule has 0 spiro atoms. The van der Waals surface area contributed by atoms with Crippen LogP contribution in [0.5, 0.6) is 0 Å². The van der Waals surface area contributed by atoms with Crippen molar-refractivity contribution in [1.82, 2.24) is 0 Å². The highest BCUT2D eigenvalue weighted by molar-refractivity contribution is 5.34. The highest BCUT2D eigenvalue weighted by Crippen LogP contribution is 2.30. The Labute approximate surface area is 98.1 Å². The molecule has 0 aliphatic carbocycles. The number of nitriles is 1. The van der Waals surface area contributed by atoms with Crippen LogP contribution in [0.3, 0.4) is 0 Å². The number of nitro benzene ring substituents is 1. The van der Waals surface area contributed by atoms with Gasteiger partial charge in [-0.2, -0.15) is 5.26 Å². The van der Waals surface area contributed by atoms with Crippen molar-refractivity contribution in [1.29, 1.82) is 5.26 Å². The number of hydrogen-bond donors (Lipinski definition) is 0. The van der Waals surface area contributed by atoms with Gasteiger partial charge in [-0.15, -0.1) is 0 Å². The second kappa shape index (κ2) is 4.66. The fourth-order valence-corrected chi connectivity index (χ4v) is 1.74. The first-order valence-corrected chi connectivity index (χ1v) is 5.22. The molecule has 0 fully saturated rings. The molecule has 5 heteroatoms. The largest absolute Gasteiger partial charge is 0.476 e. The molecule has 86 valence electrons. The van der Waals surface area contributed by atoms with Crippen molar-refractivity contribution in [2.75, 3.05) is 0 Å². The number of allylic oxidation sites excluding steroid dienone is 2. The van der Waals surface area contributed by atoms with E-state index in [9.17, 15) is 10.1 Å². The minimum atomic E-state index is -0.438. The zero-order chi connectivity index (χ0) is 12.3. The first kappa shape index (κ1) is 11.1. The number of hydrogen-bond acceptors (Lipinski definition) is 4. The van der Waals surface area contributed by atoms with Gasteiger partial charge in [0.1, 0.15) is 12.2 Å². The minimum Gasteiger partial charge on any atom is -0.476 e. The Morgan fingerprint density at radius 2 is 2.12 bits per heavy atom. The molecule has 1 aliphatic rings. The van der Waals surface area contributed by atoms with Crippen molar-refractivity contribution >= 4 is 5.69 Å². The Bertz CT molecular complexity index is 499.